The van der Waals surface area contributed by atoms with Crippen LogP contribution in [0.5, 0.6) is 0 Å². The fourth-order valence-electron chi connectivity index (χ4n) is 1.41. The molecule has 80 valence electrons. The van der Waals surface area contributed by atoms with E-state index >= 15 is 0 Å². The van der Waals surface area contributed by atoms with Gasteiger partial charge in [0.25, 0.3) is 0 Å². The first-order chi connectivity index (χ1) is 7.15. The van der Waals surface area contributed by atoms with E-state index in [4.69, 9.17) is 0 Å². The average molecular weight is 206 g/mol. The Morgan fingerprint density at radius 3 is 2.60 bits per heavy atom. The number of rotatable bonds is 4. The van der Waals surface area contributed by atoms with Crippen molar-refractivity contribution in [3.8, 4) is 0 Å². The molecule has 1 atom stereocenters. The Kier molecular flexibility index (Phi) is 3.63. The number of carbonyl (C=O) groups is 1. The van der Waals surface area contributed by atoms with Crippen molar-refractivity contribution in [1.82, 2.24) is 0 Å². The quantitative estimate of drug-likeness (QED) is 0.601. The highest BCUT2D eigenvalue weighted by Gasteiger charge is 2.37. The topological polar surface area (TPSA) is 46.5 Å². The first kappa shape index (κ1) is 11.5. The van der Waals surface area contributed by atoms with Crippen LogP contribution in [0, 0.1) is 0 Å². The zero-order valence-electron chi connectivity index (χ0n) is 8.64. The minimum absolute atomic E-state index is 0.129. The van der Waals surface area contributed by atoms with E-state index in [1.54, 1.807) is 24.3 Å². The van der Waals surface area contributed by atoms with E-state index in [1.165, 1.54) is 13.2 Å². The largest absolute Gasteiger partial charge is 0.467 e. The normalized spacial score (nSPS) is 14.0. The summed E-state index contributed by atoms with van der Waals surface area (Å²) in [6.07, 6.45) is 1.62. The Hall–Kier alpha value is -1.61. The van der Waals surface area contributed by atoms with Gasteiger partial charge in [0, 0.05) is 6.42 Å². The summed E-state index contributed by atoms with van der Waals surface area (Å²) >= 11 is 0. The molecule has 0 unspecified atom stereocenters. The fourth-order valence-corrected chi connectivity index (χ4v) is 1.41. The molecule has 0 saturated heterocycles. The molecule has 0 aliphatic carbocycles. The minimum Gasteiger partial charge on any atom is -0.467 e. The van der Waals surface area contributed by atoms with E-state index in [-0.39, 0.29) is 6.42 Å². The predicted octanol–water partition coefficient (Wildman–Crippen LogP) is 1.62. The third kappa shape index (κ3) is 2.25. The summed E-state index contributed by atoms with van der Waals surface area (Å²) in [5, 5.41) is 10.2. The van der Waals surface area contributed by atoms with Gasteiger partial charge < -0.3 is 9.84 Å². The standard InChI is InChI=1S/C12H14O3/c1-3-9-12(14,11(13)15-2)10-7-5-4-6-8-10/h3-8,14H,1,9H2,2H3/t12-/m1/s1. The monoisotopic (exact) mass is 206 g/mol. The Morgan fingerprint density at radius 2 is 2.13 bits per heavy atom. The molecule has 0 bridgehead atoms. The Balaban J connectivity index is 3.12. The second-order valence-electron chi connectivity index (χ2n) is 3.21. The lowest BCUT2D eigenvalue weighted by molar-refractivity contribution is -0.163. The molecule has 0 amide bonds. The van der Waals surface area contributed by atoms with Crippen molar-refractivity contribution in [2.45, 2.75) is 12.0 Å². The van der Waals surface area contributed by atoms with Crippen LogP contribution in [0.3, 0.4) is 0 Å². The number of ether oxygens (including phenoxy) is 1. The molecule has 1 aromatic rings. The van der Waals surface area contributed by atoms with E-state index in [2.05, 4.69) is 11.3 Å². The van der Waals surface area contributed by atoms with Crippen LogP contribution in [0.4, 0.5) is 0 Å². The maximum absolute atomic E-state index is 11.5. The fraction of sp³-hybridized carbons (Fsp3) is 0.250. The van der Waals surface area contributed by atoms with Crippen LogP contribution in [-0.4, -0.2) is 18.2 Å². The highest BCUT2D eigenvalue weighted by molar-refractivity contribution is 5.81. The second kappa shape index (κ2) is 4.75. The molecule has 0 spiro atoms. The van der Waals surface area contributed by atoms with Gasteiger partial charge in [-0.05, 0) is 5.56 Å². The van der Waals surface area contributed by atoms with Crippen molar-refractivity contribution in [3.63, 3.8) is 0 Å². The lowest BCUT2D eigenvalue weighted by Gasteiger charge is -2.24. The third-order valence-corrected chi connectivity index (χ3v) is 2.21. The highest BCUT2D eigenvalue weighted by Crippen LogP contribution is 2.26. The Bertz CT molecular complexity index is 345. The Morgan fingerprint density at radius 1 is 1.53 bits per heavy atom. The van der Waals surface area contributed by atoms with Crippen LogP contribution in [0.1, 0.15) is 12.0 Å². The molecule has 3 nitrogen and oxygen atoms in total. The molecule has 0 aliphatic rings. The summed E-state index contributed by atoms with van der Waals surface area (Å²) in [5.41, 5.74) is -1.12. The van der Waals surface area contributed by atoms with E-state index < -0.39 is 11.6 Å². The smallest absolute Gasteiger partial charge is 0.342 e. The summed E-state index contributed by atoms with van der Waals surface area (Å²) in [5.74, 6) is -0.673. The molecular weight excluding hydrogens is 192 g/mol. The number of esters is 1. The molecule has 0 heterocycles. The first-order valence-electron chi connectivity index (χ1n) is 4.62. The summed E-state index contributed by atoms with van der Waals surface area (Å²) < 4.78 is 4.59. The van der Waals surface area contributed by atoms with E-state index in [9.17, 15) is 9.90 Å². The van der Waals surface area contributed by atoms with Crippen LogP contribution >= 0.6 is 0 Å². The molecule has 0 fully saturated rings. The van der Waals surface area contributed by atoms with Crippen molar-refractivity contribution in [2.75, 3.05) is 7.11 Å². The van der Waals surface area contributed by atoms with Gasteiger partial charge in [0.05, 0.1) is 7.11 Å². The number of hydrogen-bond acceptors (Lipinski definition) is 3. The van der Waals surface area contributed by atoms with Crippen LogP contribution in [0.25, 0.3) is 0 Å². The summed E-state index contributed by atoms with van der Waals surface area (Å²) in [4.78, 5) is 11.5. The van der Waals surface area contributed by atoms with Crippen molar-refractivity contribution < 1.29 is 14.6 Å². The van der Waals surface area contributed by atoms with Gasteiger partial charge in [0.15, 0.2) is 5.60 Å². The molecular formula is C12H14O3. The zero-order valence-corrected chi connectivity index (χ0v) is 8.64. The molecule has 0 aliphatic heterocycles. The van der Waals surface area contributed by atoms with Crippen LogP contribution in [-0.2, 0) is 15.1 Å². The maximum Gasteiger partial charge on any atom is 0.342 e. The van der Waals surface area contributed by atoms with Gasteiger partial charge in [-0.15, -0.1) is 6.58 Å². The van der Waals surface area contributed by atoms with Gasteiger partial charge in [-0.3, -0.25) is 0 Å². The van der Waals surface area contributed by atoms with E-state index in [0.29, 0.717) is 5.56 Å². The van der Waals surface area contributed by atoms with Gasteiger partial charge in [0.2, 0.25) is 0 Å². The first-order valence-corrected chi connectivity index (χ1v) is 4.62. The van der Waals surface area contributed by atoms with Crippen LogP contribution in [0.2, 0.25) is 0 Å². The number of methoxy groups -OCH3 is 1. The zero-order chi connectivity index (χ0) is 11.3. The number of aliphatic hydroxyl groups is 1. The third-order valence-electron chi connectivity index (χ3n) is 2.21. The lowest BCUT2D eigenvalue weighted by Crippen LogP contribution is -2.36. The molecule has 3 heteroatoms. The predicted molar refractivity (Wildman–Crippen MR) is 57.2 cm³/mol. The number of benzene rings is 1. The number of hydrogen-bond donors (Lipinski definition) is 1. The molecule has 0 saturated carbocycles. The maximum atomic E-state index is 11.5. The van der Waals surface area contributed by atoms with Crippen molar-refractivity contribution in [2.24, 2.45) is 0 Å². The Labute approximate surface area is 89.0 Å². The minimum atomic E-state index is -1.63. The van der Waals surface area contributed by atoms with Crippen molar-refractivity contribution in [3.05, 3.63) is 48.6 Å². The van der Waals surface area contributed by atoms with Crippen molar-refractivity contribution >= 4 is 5.97 Å². The van der Waals surface area contributed by atoms with Gasteiger partial charge >= 0.3 is 5.97 Å². The molecule has 0 radical (unpaired) electrons. The molecule has 1 rings (SSSR count). The SMILES string of the molecule is C=CC[C@](O)(C(=O)OC)c1ccccc1. The highest BCUT2D eigenvalue weighted by atomic mass is 16.5. The molecule has 1 aromatic carbocycles. The summed E-state index contributed by atoms with van der Waals surface area (Å²) in [7, 11) is 1.25. The second-order valence-corrected chi connectivity index (χ2v) is 3.21. The molecule has 0 aromatic heterocycles. The van der Waals surface area contributed by atoms with Gasteiger partial charge in [-0.25, -0.2) is 4.79 Å². The molecule has 15 heavy (non-hydrogen) atoms. The number of carbonyl (C=O) groups excluding carboxylic acids is 1. The van der Waals surface area contributed by atoms with Crippen molar-refractivity contribution in [1.29, 1.82) is 0 Å². The van der Waals surface area contributed by atoms with Crippen LogP contribution in [0.15, 0.2) is 43.0 Å². The van der Waals surface area contributed by atoms with E-state index in [0.717, 1.165) is 0 Å². The lowest BCUT2D eigenvalue weighted by atomic mass is 9.90. The summed E-state index contributed by atoms with van der Waals surface area (Å²) in [6, 6.07) is 8.69. The van der Waals surface area contributed by atoms with Crippen LogP contribution < -0.4 is 0 Å². The van der Waals surface area contributed by atoms with Gasteiger partial charge in [0.1, 0.15) is 0 Å². The van der Waals surface area contributed by atoms with Gasteiger partial charge in [-0.2, -0.15) is 0 Å². The summed E-state index contributed by atoms with van der Waals surface area (Å²) in [6.45, 7) is 3.52. The van der Waals surface area contributed by atoms with Gasteiger partial charge in [-0.1, -0.05) is 36.4 Å². The molecule has 1 N–H and O–H groups in total. The average Bonchev–Trinajstić information content (AvgIpc) is 2.29. The van der Waals surface area contributed by atoms with E-state index in [1.807, 2.05) is 6.07 Å².